The molecule has 0 bridgehead atoms. The first-order chi connectivity index (χ1) is 7.52. The van der Waals surface area contributed by atoms with E-state index < -0.39 is 0 Å². The molecule has 94 valence electrons. The van der Waals surface area contributed by atoms with Crippen LogP contribution in [0.1, 0.15) is 39.5 Å². The molecule has 0 aromatic rings. The number of unbranched alkanes of at least 4 members (excludes halogenated alkanes) is 2. The highest BCUT2D eigenvalue weighted by Crippen LogP contribution is 2.01. The molecular formula is C11H22N2O3. The smallest absolute Gasteiger partial charge is 0.325 e. The zero-order valence-electron chi connectivity index (χ0n) is 10.1. The normalized spacial score (nSPS) is 11.9. The van der Waals surface area contributed by atoms with Gasteiger partial charge >= 0.3 is 5.97 Å². The van der Waals surface area contributed by atoms with Crippen molar-refractivity contribution in [2.75, 3.05) is 13.2 Å². The fraction of sp³-hybridized carbons (Fsp3) is 0.818. The van der Waals surface area contributed by atoms with E-state index in [9.17, 15) is 9.59 Å². The van der Waals surface area contributed by atoms with Crippen LogP contribution < -0.4 is 11.1 Å². The van der Waals surface area contributed by atoms with Gasteiger partial charge < -0.3 is 15.8 Å². The fourth-order valence-corrected chi connectivity index (χ4v) is 1.18. The van der Waals surface area contributed by atoms with Crippen molar-refractivity contribution in [1.29, 1.82) is 0 Å². The molecule has 3 N–H and O–H groups in total. The average molecular weight is 230 g/mol. The number of rotatable bonds is 8. The Morgan fingerprint density at radius 2 is 2.00 bits per heavy atom. The molecule has 5 nitrogen and oxygen atoms in total. The van der Waals surface area contributed by atoms with Crippen LogP contribution in [0.15, 0.2) is 0 Å². The summed E-state index contributed by atoms with van der Waals surface area (Å²) in [5.41, 5.74) is 5.60. The first kappa shape index (κ1) is 14.9. The standard InChI is InChI=1S/C11H22N2O3/c1-9(12)6-4-3-5-7-16-11(15)8-13-10(2)14/h9H,3-8,12H2,1-2H3,(H,13,14). The number of esters is 1. The minimum Gasteiger partial charge on any atom is -0.464 e. The summed E-state index contributed by atoms with van der Waals surface area (Å²) in [4.78, 5) is 21.5. The second kappa shape index (κ2) is 9.15. The van der Waals surface area contributed by atoms with Crippen LogP contribution in [0.5, 0.6) is 0 Å². The number of nitrogens with one attached hydrogen (secondary N) is 1. The van der Waals surface area contributed by atoms with Gasteiger partial charge in [-0.15, -0.1) is 0 Å². The molecule has 0 aliphatic heterocycles. The molecule has 0 heterocycles. The molecule has 0 rings (SSSR count). The van der Waals surface area contributed by atoms with Crippen LogP contribution in [0.3, 0.4) is 0 Å². The van der Waals surface area contributed by atoms with E-state index in [1.54, 1.807) is 0 Å². The Morgan fingerprint density at radius 1 is 1.31 bits per heavy atom. The lowest BCUT2D eigenvalue weighted by Gasteiger charge is -2.06. The van der Waals surface area contributed by atoms with E-state index in [1.807, 2.05) is 6.92 Å². The molecule has 5 heteroatoms. The van der Waals surface area contributed by atoms with Gasteiger partial charge in [0.25, 0.3) is 0 Å². The van der Waals surface area contributed by atoms with Gasteiger partial charge in [0.05, 0.1) is 6.61 Å². The van der Waals surface area contributed by atoms with Crippen LogP contribution in [-0.2, 0) is 14.3 Å². The van der Waals surface area contributed by atoms with E-state index in [1.165, 1.54) is 6.92 Å². The largest absolute Gasteiger partial charge is 0.464 e. The SMILES string of the molecule is CC(=O)NCC(=O)OCCCCCC(C)N. The molecule has 0 aromatic heterocycles. The molecule has 0 fully saturated rings. The molecule has 0 saturated carbocycles. The molecule has 1 unspecified atom stereocenters. The third-order valence-corrected chi connectivity index (χ3v) is 2.05. The molecule has 0 aliphatic carbocycles. The van der Waals surface area contributed by atoms with Crippen LogP contribution in [0.25, 0.3) is 0 Å². The Bertz CT molecular complexity index is 217. The Balaban J connectivity index is 3.24. The quantitative estimate of drug-likeness (QED) is 0.472. The summed E-state index contributed by atoms with van der Waals surface area (Å²) >= 11 is 0. The Morgan fingerprint density at radius 3 is 2.56 bits per heavy atom. The van der Waals surface area contributed by atoms with Gasteiger partial charge in [-0.25, -0.2) is 0 Å². The lowest BCUT2D eigenvalue weighted by atomic mass is 10.1. The molecule has 0 aromatic carbocycles. The number of hydrogen-bond donors (Lipinski definition) is 2. The zero-order valence-corrected chi connectivity index (χ0v) is 10.1. The van der Waals surface area contributed by atoms with Crippen molar-refractivity contribution in [2.24, 2.45) is 5.73 Å². The Kier molecular flexibility index (Phi) is 8.52. The topological polar surface area (TPSA) is 81.4 Å². The van der Waals surface area contributed by atoms with Crippen LogP contribution in [-0.4, -0.2) is 31.1 Å². The van der Waals surface area contributed by atoms with Gasteiger partial charge in [-0.1, -0.05) is 12.8 Å². The first-order valence-electron chi connectivity index (χ1n) is 5.68. The molecule has 1 amide bonds. The lowest BCUT2D eigenvalue weighted by molar-refractivity contribution is -0.143. The van der Waals surface area contributed by atoms with Gasteiger partial charge in [-0.2, -0.15) is 0 Å². The number of carbonyl (C=O) groups is 2. The van der Waals surface area contributed by atoms with Crippen molar-refractivity contribution in [3.8, 4) is 0 Å². The molecule has 0 spiro atoms. The maximum atomic E-state index is 11.0. The first-order valence-corrected chi connectivity index (χ1v) is 5.68. The van der Waals surface area contributed by atoms with E-state index in [-0.39, 0.29) is 24.5 Å². The van der Waals surface area contributed by atoms with E-state index in [4.69, 9.17) is 10.5 Å². The molecular weight excluding hydrogens is 208 g/mol. The van der Waals surface area contributed by atoms with Crippen LogP contribution in [0.4, 0.5) is 0 Å². The van der Waals surface area contributed by atoms with Gasteiger partial charge in [0.15, 0.2) is 0 Å². The summed E-state index contributed by atoms with van der Waals surface area (Å²) in [5, 5.41) is 2.38. The van der Waals surface area contributed by atoms with E-state index in [0.29, 0.717) is 6.61 Å². The monoisotopic (exact) mass is 230 g/mol. The van der Waals surface area contributed by atoms with Crippen LogP contribution in [0.2, 0.25) is 0 Å². The summed E-state index contributed by atoms with van der Waals surface area (Å²) in [5.74, 6) is -0.615. The van der Waals surface area contributed by atoms with Crippen molar-refractivity contribution in [2.45, 2.75) is 45.6 Å². The summed E-state index contributed by atoms with van der Waals surface area (Å²) in [7, 11) is 0. The molecule has 1 atom stereocenters. The van der Waals surface area contributed by atoms with E-state index in [0.717, 1.165) is 25.7 Å². The minimum atomic E-state index is -0.387. The predicted octanol–water partition coefficient (Wildman–Crippen LogP) is 0.573. The van der Waals surface area contributed by atoms with Gasteiger partial charge in [0.1, 0.15) is 6.54 Å². The van der Waals surface area contributed by atoms with Gasteiger partial charge in [-0.05, 0) is 19.8 Å². The van der Waals surface area contributed by atoms with Crippen molar-refractivity contribution >= 4 is 11.9 Å². The van der Waals surface area contributed by atoms with Gasteiger partial charge in [-0.3, -0.25) is 9.59 Å². The number of hydrogen-bond acceptors (Lipinski definition) is 4. The predicted molar refractivity (Wildman–Crippen MR) is 61.8 cm³/mol. The second-order valence-electron chi connectivity index (χ2n) is 3.96. The van der Waals surface area contributed by atoms with Gasteiger partial charge in [0.2, 0.25) is 5.91 Å². The maximum Gasteiger partial charge on any atom is 0.325 e. The van der Waals surface area contributed by atoms with Crippen LogP contribution in [0, 0.1) is 0 Å². The fourth-order valence-electron chi connectivity index (χ4n) is 1.18. The summed E-state index contributed by atoms with van der Waals surface area (Å²) < 4.78 is 4.91. The molecule has 16 heavy (non-hydrogen) atoms. The van der Waals surface area contributed by atoms with Crippen molar-refractivity contribution in [1.82, 2.24) is 5.32 Å². The van der Waals surface area contributed by atoms with Crippen molar-refractivity contribution in [3.05, 3.63) is 0 Å². The summed E-state index contributed by atoms with van der Waals surface area (Å²) in [6, 6.07) is 0.238. The van der Waals surface area contributed by atoms with Gasteiger partial charge in [0, 0.05) is 13.0 Å². The highest BCUT2D eigenvalue weighted by atomic mass is 16.5. The number of carbonyl (C=O) groups excluding carboxylic acids is 2. The van der Waals surface area contributed by atoms with Crippen molar-refractivity contribution in [3.63, 3.8) is 0 Å². The second-order valence-corrected chi connectivity index (χ2v) is 3.96. The molecule has 0 saturated heterocycles. The number of ether oxygens (including phenoxy) is 1. The Hall–Kier alpha value is -1.10. The van der Waals surface area contributed by atoms with Crippen molar-refractivity contribution < 1.29 is 14.3 Å². The highest BCUT2D eigenvalue weighted by molar-refractivity contribution is 5.80. The summed E-state index contributed by atoms with van der Waals surface area (Å²) in [6.45, 7) is 3.71. The molecule has 0 aliphatic rings. The van der Waals surface area contributed by atoms with E-state index >= 15 is 0 Å². The zero-order chi connectivity index (χ0) is 12.4. The maximum absolute atomic E-state index is 11.0. The summed E-state index contributed by atoms with van der Waals surface area (Å²) in [6.07, 6.45) is 3.91. The number of amides is 1. The highest BCUT2D eigenvalue weighted by Gasteiger charge is 2.02. The average Bonchev–Trinajstić information content (AvgIpc) is 2.19. The third-order valence-electron chi connectivity index (χ3n) is 2.05. The number of nitrogens with two attached hydrogens (primary N) is 1. The molecule has 0 radical (unpaired) electrons. The van der Waals surface area contributed by atoms with E-state index in [2.05, 4.69) is 5.32 Å². The Labute approximate surface area is 96.7 Å². The van der Waals surface area contributed by atoms with Crippen LogP contribution >= 0.6 is 0 Å². The minimum absolute atomic E-state index is 0.0465. The third kappa shape index (κ3) is 11.0. The lowest BCUT2D eigenvalue weighted by Crippen LogP contribution is -2.28.